The molecule has 46 valence electrons. The fourth-order valence-corrected chi connectivity index (χ4v) is 0. The molecular weight excluding hydrogens is 180 g/mol. The van der Waals surface area contributed by atoms with E-state index in [4.69, 9.17) is 19.2 Å². The van der Waals surface area contributed by atoms with Gasteiger partial charge in [0, 0.05) is 0 Å². The van der Waals surface area contributed by atoms with Gasteiger partial charge in [0.15, 0.2) is 0 Å². The second kappa shape index (κ2) is 13.6. The van der Waals surface area contributed by atoms with Crippen LogP contribution in [0.4, 0.5) is 0 Å². The van der Waals surface area contributed by atoms with E-state index in [1.54, 1.807) is 0 Å². The zero-order valence-corrected chi connectivity index (χ0v) is 12.6. The zero-order valence-electron chi connectivity index (χ0n) is 8.70. The second-order valence-corrected chi connectivity index (χ2v) is 1.54. The van der Waals surface area contributed by atoms with Crippen LogP contribution in [0, 0.1) is 0 Å². The maximum atomic E-state index is 8.88. The molecule has 0 heterocycles. The Labute approximate surface area is 123 Å². The summed E-state index contributed by atoms with van der Waals surface area (Å²) in [6.07, 6.45) is 0. The largest absolute Gasteiger partial charge is 1.00 e. The Bertz CT molecular complexity index is 68.1. The monoisotopic (exact) mass is 188 g/mol. The summed E-state index contributed by atoms with van der Waals surface area (Å²) < 4.78 is 8.88. The molecule has 0 aliphatic rings. The first-order chi connectivity index (χ1) is 2.00. The summed E-state index contributed by atoms with van der Waals surface area (Å²) >= 11 is 0. The van der Waals surface area contributed by atoms with Gasteiger partial charge >= 0.3 is 96.5 Å². The van der Waals surface area contributed by atoms with Crippen LogP contribution in [0.1, 0.15) is 4.28 Å². The third kappa shape index (κ3) is 96.6. The standard InChI is InChI=1S/3Na.H3O4P.H2O.3H/c;;;1-5(2,3)4;;;;/h;;;(H3,1,2,3,4);1H2;;;/q3*+1;;;3*-1. The summed E-state index contributed by atoms with van der Waals surface area (Å²) in [5.74, 6) is 0. The van der Waals surface area contributed by atoms with Crippen LogP contribution in [-0.4, -0.2) is 20.2 Å². The first kappa shape index (κ1) is 29.6. The van der Waals surface area contributed by atoms with Gasteiger partial charge in [0.2, 0.25) is 0 Å². The molecule has 0 spiro atoms. The van der Waals surface area contributed by atoms with E-state index >= 15 is 0 Å². The van der Waals surface area contributed by atoms with Crippen molar-refractivity contribution < 1.29 is 118 Å². The summed E-state index contributed by atoms with van der Waals surface area (Å²) in [6, 6.07) is 0. The third-order valence-corrected chi connectivity index (χ3v) is 0. The van der Waals surface area contributed by atoms with Crippen molar-refractivity contribution in [1.82, 2.24) is 0 Å². The molecule has 0 fully saturated rings. The summed E-state index contributed by atoms with van der Waals surface area (Å²) in [6.45, 7) is 0. The van der Waals surface area contributed by atoms with Gasteiger partial charge in [0.05, 0.1) is 0 Å². The SMILES string of the molecule is O.O=P(O)(O)O.[H-].[H-].[H-].[Na+].[Na+].[Na+]. The second-order valence-electron chi connectivity index (χ2n) is 0.513. The minimum Gasteiger partial charge on any atom is -1.00 e. The molecule has 0 aromatic heterocycles. The van der Waals surface area contributed by atoms with Gasteiger partial charge < -0.3 is 24.4 Å². The Morgan fingerprint density at radius 3 is 1.00 bits per heavy atom. The molecule has 0 aromatic carbocycles. The van der Waals surface area contributed by atoms with E-state index in [-0.39, 0.29) is 98.4 Å². The predicted molar refractivity (Wildman–Crippen MR) is 21.2 cm³/mol. The molecule has 0 rings (SSSR count). The number of phosphoric acid groups is 1. The van der Waals surface area contributed by atoms with Gasteiger partial charge in [-0.15, -0.1) is 0 Å². The first-order valence-corrected chi connectivity index (χ1v) is 2.35. The van der Waals surface area contributed by atoms with Crippen molar-refractivity contribution in [3.8, 4) is 0 Å². The van der Waals surface area contributed by atoms with Crippen molar-refractivity contribution in [3.05, 3.63) is 0 Å². The van der Waals surface area contributed by atoms with Gasteiger partial charge in [-0.1, -0.05) is 0 Å². The van der Waals surface area contributed by atoms with Crippen LogP contribution < -0.4 is 88.7 Å². The molecule has 0 saturated heterocycles. The van der Waals surface area contributed by atoms with Crippen LogP contribution in [0.3, 0.4) is 0 Å². The average Bonchev–Trinajstić information content (AvgIpc) is 0.722. The molecule has 0 bridgehead atoms. The van der Waals surface area contributed by atoms with Crippen molar-refractivity contribution in [1.29, 1.82) is 0 Å². The molecule has 9 heteroatoms. The Morgan fingerprint density at radius 1 is 1.00 bits per heavy atom. The Balaban J connectivity index is -0.00000000381. The minimum atomic E-state index is -4.64. The van der Waals surface area contributed by atoms with Crippen molar-refractivity contribution in [2.45, 2.75) is 0 Å². The number of hydrogen-bond donors (Lipinski definition) is 3. The summed E-state index contributed by atoms with van der Waals surface area (Å²) in [5, 5.41) is 0. The zero-order chi connectivity index (χ0) is 4.50. The summed E-state index contributed by atoms with van der Waals surface area (Å²) in [4.78, 5) is 21.6. The van der Waals surface area contributed by atoms with Gasteiger partial charge in [-0.3, -0.25) is 0 Å². The fraction of sp³-hybridized carbons (Fsp3) is 0. The van der Waals surface area contributed by atoms with E-state index in [1.165, 1.54) is 0 Å². The fourth-order valence-electron chi connectivity index (χ4n) is 0. The molecule has 5 N–H and O–H groups in total. The van der Waals surface area contributed by atoms with Gasteiger partial charge in [-0.2, -0.15) is 0 Å². The van der Waals surface area contributed by atoms with Crippen molar-refractivity contribution >= 4 is 7.82 Å². The van der Waals surface area contributed by atoms with Crippen LogP contribution in [0.5, 0.6) is 0 Å². The molecule has 0 aromatic rings. The average molecular weight is 188 g/mol. The third-order valence-electron chi connectivity index (χ3n) is 0. The van der Waals surface area contributed by atoms with E-state index in [0.29, 0.717) is 0 Å². The number of rotatable bonds is 0. The topological polar surface area (TPSA) is 109 Å². The van der Waals surface area contributed by atoms with Crippen molar-refractivity contribution in [3.63, 3.8) is 0 Å². The Morgan fingerprint density at radius 2 is 1.00 bits per heavy atom. The maximum Gasteiger partial charge on any atom is 1.00 e. The van der Waals surface area contributed by atoms with Gasteiger partial charge in [0.25, 0.3) is 0 Å². The minimum absolute atomic E-state index is 0. The Hall–Kier alpha value is 3.07. The molecule has 0 aliphatic carbocycles. The van der Waals surface area contributed by atoms with Crippen LogP contribution in [0.25, 0.3) is 0 Å². The molecule has 0 radical (unpaired) electrons. The van der Waals surface area contributed by atoms with E-state index in [0.717, 1.165) is 0 Å². The smallest absolute Gasteiger partial charge is 1.00 e. The van der Waals surface area contributed by atoms with Gasteiger partial charge in [0.1, 0.15) is 0 Å². The maximum absolute atomic E-state index is 8.88. The quantitative estimate of drug-likeness (QED) is 0.259. The van der Waals surface area contributed by atoms with Gasteiger partial charge in [-0.25, -0.2) is 4.57 Å². The van der Waals surface area contributed by atoms with E-state index in [2.05, 4.69) is 0 Å². The molecule has 5 nitrogen and oxygen atoms in total. The van der Waals surface area contributed by atoms with Crippen LogP contribution >= 0.6 is 7.82 Å². The molecular formula is H8Na3O5P. The molecule has 0 aliphatic heterocycles. The van der Waals surface area contributed by atoms with E-state index < -0.39 is 7.82 Å². The molecule has 0 atom stereocenters. The van der Waals surface area contributed by atoms with Crippen molar-refractivity contribution in [2.24, 2.45) is 0 Å². The first-order valence-electron chi connectivity index (χ1n) is 0.783. The van der Waals surface area contributed by atoms with Crippen molar-refractivity contribution in [2.75, 3.05) is 0 Å². The Kier molecular flexibility index (Phi) is 44.9. The molecule has 9 heavy (non-hydrogen) atoms. The van der Waals surface area contributed by atoms with Crippen LogP contribution in [0.15, 0.2) is 0 Å². The van der Waals surface area contributed by atoms with Crippen LogP contribution in [0.2, 0.25) is 0 Å². The summed E-state index contributed by atoms with van der Waals surface area (Å²) in [7, 11) is -4.64. The molecule has 0 unspecified atom stereocenters. The molecule has 0 amide bonds. The van der Waals surface area contributed by atoms with Crippen LogP contribution in [-0.2, 0) is 4.57 Å². The normalized spacial score (nSPS) is 6.56. The number of hydrogen-bond acceptors (Lipinski definition) is 1. The summed E-state index contributed by atoms with van der Waals surface area (Å²) in [5.41, 5.74) is 0. The van der Waals surface area contributed by atoms with Gasteiger partial charge in [-0.05, 0) is 0 Å². The van der Waals surface area contributed by atoms with E-state index in [9.17, 15) is 0 Å². The van der Waals surface area contributed by atoms with E-state index in [1.807, 2.05) is 0 Å². The predicted octanol–water partition coefficient (Wildman–Crippen LogP) is -10.4. The molecule has 0 saturated carbocycles.